The number of rotatable bonds is 10. The van der Waals surface area contributed by atoms with E-state index in [0.29, 0.717) is 40.1 Å². The van der Waals surface area contributed by atoms with E-state index in [1.807, 2.05) is 54.6 Å². The zero-order valence-corrected chi connectivity index (χ0v) is 20.3. The maximum Gasteiger partial charge on any atom is 0.235 e. The number of nitrogens with zero attached hydrogens (tertiary/aromatic N) is 2. The molecule has 0 bridgehead atoms. The maximum absolute atomic E-state index is 13.1. The van der Waals surface area contributed by atoms with Gasteiger partial charge in [0.25, 0.3) is 0 Å². The van der Waals surface area contributed by atoms with E-state index in [-0.39, 0.29) is 12.3 Å². The molecule has 0 aliphatic rings. The van der Waals surface area contributed by atoms with Crippen LogP contribution in [0.1, 0.15) is 12.5 Å². The first-order valence-electron chi connectivity index (χ1n) is 11.1. The highest BCUT2D eigenvalue weighted by Gasteiger charge is 2.23. The summed E-state index contributed by atoms with van der Waals surface area (Å²) in [6, 6.07) is 27.0. The molecular formula is C27H26N2O5S. The van der Waals surface area contributed by atoms with E-state index in [9.17, 15) is 8.42 Å². The molecule has 0 spiro atoms. The lowest BCUT2D eigenvalue weighted by atomic mass is 10.2. The molecule has 0 fully saturated rings. The molecule has 4 aromatic rings. The Morgan fingerprint density at radius 1 is 0.771 bits per heavy atom. The second-order valence-electron chi connectivity index (χ2n) is 7.54. The van der Waals surface area contributed by atoms with Crippen molar-refractivity contribution in [1.29, 1.82) is 0 Å². The van der Waals surface area contributed by atoms with Crippen LogP contribution in [0.5, 0.6) is 28.9 Å². The van der Waals surface area contributed by atoms with Gasteiger partial charge in [0.1, 0.15) is 11.5 Å². The first-order valence-corrected chi connectivity index (χ1v) is 12.7. The summed E-state index contributed by atoms with van der Waals surface area (Å²) in [4.78, 5) is 4.33. The molecule has 0 radical (unpaired) electrons. The Balaban J connectivity index is 1.61. The Morgan fingerprint density at radius 3 is 2.11 bits per heavy atom. The zero-order valence-electron chi connectivity index (χ0n) is 19.5. The van der Waals surface area contributed by atoms with E-state index in [2.05, 4.69) is 4.98 Å². The summed E-state index contributed by atoms with van der Waals surface area (Å²) in [5.41, 5.74) is 1.15. The summed E-state index contributed by atoms with van der Waals surface area (Å²) < 4.78 is 44.6. The monoisotopic (exact) mass is 490 g/mol. The highest BCUT2D eigenvalue weighted by atomic mass is 32.2. The van der Waals surface area contributed by atoms with E-state index in [1.54, 1.807) is 56.6 Å². The second kappa shape index (κ2) is 10.9. The van der Waals surface area contributed by atoms with Crippen LogP contribution in [0.2, 0.25) is 0 Å². The summed E-state index contributed by atoms with van der Waals surface area (Å²) in [5.74, 6) is 2.65. The third kappa shape index (κ3) is 5.91. The Kier molecular flexibility index (Phi) is 7.52. The van der Waals surface area contributed by atoms with Gasteiger partial charge in [-0.2, -0.15) is 0 Å². The summed E-state index contributed by atoms with van der Waals surface area (Å²) in [6.45, 7) is 1.69. The second-order valence-corrected chi connectivity index (χ2v) is 9.72. The quantitative estimate of drug-likeness (QED) is 0.270. The highest BCUT2D eigenvalue weighted by molar-refractivity contribution is 7.92. The molecule has 35 heavy (non-hydrogen) atoms. The van der Waals surface area contributed by atoms with Crippen LogP contribution in [-0.4, -0.2) is 26.3 Å². The number of ether oxygens (including phenoxy) is 3. The van der Waals surface area contributed by atoms with Crippen molar-refractivity contribution >= 4 is 15.7 Å². The van der Waals surface area contributed by atoms with Crippen molar-refractivity contribution in [2.24, 2.45) is 0 Å². The predicted molar refractivity (Wildman–Crippen MR) is 136 cm³/mol. The van der Waals surface area contributed by atoms with Gasteiger partial charge < -0.3 is 14.2 Å². The number of benzene rings is 3. The number of methoxy groups -OCH3 is 1. The number of sulfonamides is 1. The van der Waals surface area contributed by atoms with Gasteiger partial charge in [0, 0.05) is 11.8 Å². The van der Waals surface area contributed by atoms with Crippen molar-refractivity contribution < 1.29 is 22.6 Å². The topological polar surface area (TPSA) is 78.0 Å². The predicted octanol–water partition coefficient (Wildman–Crippen LogP) is 6.03. The molecule has 180 valence electrons. The smallest absolute Gasteiger partial charge is 0.235 e. The minimum atomic E-state index is -3.59. The third-order valence-corrected chi connectivity index (χ3v) is 6.98. The van der Waals surface area contributed by atoms with E-state index < -0.39 is 10.0 Å². The van der Waals surface area contributed by atoms with Gasteiger partial charge in [0.2, 0.25) is 15.9 Å². The lowest BCUT2D eigenvalue weighted by Crippen LogP contribution is -2.32. The normalized spacial score (nSPS) is 11.0. The van der Waals surface area contributed by atoms with E-state index in [0.717, 1.165) is 0 Å². The standard InChI is InChI=1S/C27H26N2O5S/c1-3-35(30,31)29(20-21-10-9-19-28-27(21)34-23-11-5-4-6-12-23)22-15-17-24(18-16-22)33-26-14-8-7-13-25(26)32-2/h4-19H,3,20H2,1-2H3. The van der Waals surface area contributed by atoms with Gasteiger partial charge in [-0.25, -0.2) is 13.4 Å². The van der Waals surface area contributed by atoms with Crippen LogP contribution >= 0.6 is 0 Å². The zero-order chi connectivity index (χ0) is 24.7. The number of hydrogen-bond acceptors (Lipinski definition) is 6. The fraction of sp³-hybridized carbons (Fsp3) is 0.148. The fourth-order valence-corrected chi connectivity index (χ4v) is 4.50. The molecular weight excluding hydrogens is 464 g/mol. The Labute approximate surface area is 205 Å². The fourth-order valence-electron chi connectivity index (χ4n) is 3.41. The molecule has 0 atom stereocenters. The van der Waals surface area contributed by atoms with Crippen molar-refractivity contribution in [3.63, 3.8) is 0 Å². The van der Waals surface area contributed by atoms with Crippen LogP contribution in [0, 0.1) is 0 Å². The third-order valence-electron chi connectivity index (χ3n) is 5.24. The summed E-state index contributed by atoms with van der Waals surface area (Å²) in [7, 11) is -2.02. The number of pyridine rings is 1. The molecule has 1 aromatic heterocycles. The molecule has 0 saturated carbocycles. The number of hydrogen-bond donors (Lipinski definition) is 0. The van der Waals surface area contributed by atoms with Crippen molar-refractivity contribution in [3.05, 3.63) is 103 Å². The number of anilines is 1. The average Bonchev–Trinajstić information content (AvgIpc) is 2.89. The maximum atomic E-state index is 13.1. The SMILES string of the molecule is CCS(=O)(=O)N(Cc1cccnc1Oc1ccccc1)c1ccc(Oc2ccccc2OC)cc1. The molecule has 3 aromatic carbocycles. The van der Waals surface area contributed by atoms with Gasteiger partial charge in [-0.05, 0) is 61.5 Å². The first kappa shape index (κ1) is 24.1. The highest BCUT2D eigenvalue weighted by Crippen LogP contribution is 2.33. The van der Waals surface area contributed by atoms with Crippen LogP contribution < -0.4 is 18.5 Å². The minimum absolute atomic E-state index is 0.0540. The van der Waals surface area contributed by atoms with E-state index >= 15 is 0 Å². The van der Waals surface area contributed by atoms with E-state index in [1.165, 1.54) is 4.31 Å². The molecule has 0 saturated heterocycles. The Hall–Kier alpha value is -4.04. The Morgan fingerprint density at radius 2 is 1.43 bits per heavy atom. The minimum Gasteiger partial charge on any atom is -0.493 e. The van der Waals surface area contributed by atoms with Gasteiger partial charge in [-0.1, -0.05) is 36.4 Å². The van der Waals surface area contributed by atoms with Crippen LogP contribution in [0.3, 0.4) is 0 Å². The van der Waals surface area contributed by atoms with Gasteiger partial charge in [-0.15, -0.1) is 0 Å². The van der Waals surface area contributed by atoms with Gasteiger partial charge >= 0.3 is 0 Å². The van der Waals surface area contributed by atoms with Crippen molar-refractivity contribution in [2.45, 2.75) is 13.5 Å². The van der Waals surface area contributed by atoms with Gasteiger partial charge in [0.15, 0.2) is 11.5 Å². The average molecular weight is 491 g/mol. The van der Waals surface area contributed by atoms with Crippen molar-refractivity contribution in [1.82, 2.24) is 4.98 Å². The van der Waals surface area contributed by atoms with Crippen LogP contribution in [0.4, 0.5) is 5.69 Å². The molecule has 8 heteroatoms. The van der Waals surface area contributed by atoms with E-state index in [4.69, 9.17) is 14.2 Å². The molecule has 4 rings (SSSR count). The Bertz CT molecular complexity index is 1360. The first-order chi connectivity index (χ1) is 17.0. The molecule has 7 nitrogen and oxygen atoms in total. The molecule has 0 N–H and O–H groups in total. The lowest BCUT2D eigenvalue weighted by molar-refractivity contribution is 0.379. The van der Waals surface area contributed by atoms with Crippen molar-refractivity contribution in [3.8, 4) is 28.9 Å². The summed E-state index contributed by atoms with van der Waals surface area (Å²) in [6.07, 6.45) is 1.62. The summed E-state index contributed by atoms with van der Waals surface area (Å²) >= 11 is 0. The van der Waals surface area contributed by atoms with Crippen molar-refractivity contribution in [2.75, 3.05) is 17.2 Å². The van der Waals surface area contributed by atoms with Gasteiger partial charge in [0.05, 0.1) is 25.1 Å². The van der Waals surface area contributed by atoms with Crippen LogP contribution in [0.15, 0.2) is 97.2 Å². The molecule has 1 heterocycles. The van der Waals surface area contributed by atoms with Crippen LogP contribution in [0.25, 0.3) is 0 Å². The number of para-hydroxylation sites is 3. The van der Waals surface area contributed by atoms with Gasteiger partial charge in [-0.3, -0.25) is 4.31 Å². The van der Waals surface area contributed by atoms with Crippen LogP contribution in [-0.2, 0) is 16.6 Å². The molecule has 0 aliphatic carbocycles. The largest absolute Gasteiger partial charge is 0.493 e. The molecule has 0 aliphatic heterocycles. The molecule has 0 amide bonds. The molecule has 0 unspecified atom stereocenters. The number of aromatic nitrogens is 1. The lowest BCUT2D eigenvalue weighted by Gasteiger charge is -2.25. The summed E-state index contributed by atoms with van der Waals surface area (Å²) in [5, 5.41) is 0.